The van der Waals surface area contributed by atoms with Crippen LogP contribution in [0.4, 0.5) is 0 Å². The molecule has 20 heavy (non-hydrogen) atoms. The van der Waals surface area contributed by atoms with Gasteiger partial charge < -0.3 is 15.8 Å². The molecule has 0 aromatic rings. The van der Waals surface area contributed by atoms with Gasteiger partial charge in [-0.15, -0.1) is 12.4 Å². The molecule has 1 saturated carbocycles. The predicted octanol–water partition coefficient (Wildman–Crippen LogP) is 2.25. The molecule has 0 aromatic carbocycles. The number of ether oxygens (including phenoxy) is 1. The molecule has 3 N–H and O–H groups in total. The zero-order valence-electron chi connectivity index (χ0n) is 12.7. The maximum absolute atomic E-state index is 12.2. The van der Waals surface area contributed by atoms with Crippen molar-refractivity contribution in [2.24, 2.45) is 17.1 Å². The van der Waals surface area contributed by atoms with Crippen LogP contribution in [0, 0.1) is 11.3 Å². The molecule has 1 amide bonds. The summed E-state index contributed by atoms with van der Waals surface area (Å²) in [4.78, 5) is 12.2. The van der Waals surface area contributed by atoms with Crippen molar-refractivity contribution in [3.8, 4) is 0 Å². The van der Waals surface area contributed by atoms with Crippen molar-refractivity contribution in [1.29, 1.82) is 0 Å². The summed E-state index contributed by atoms with van der Waals surface area (Å²) in [5.41, 5.74) is 5.95. The highest BCUT2D eigenvalue weighted by atomic mass is 35.5. The van der Waals surface area contributed by atoms with Gasteiger partial charge in [0.15, 0.2) is 0 Å². The minimum atomic E-state index is -0.702. The minimum Gasteiger partial charge on any atom is -0.381 e. The zero-order valence-corrected chi connectivity index (χ0v) is 13.6. The van der Waals surface area contributed by atoms with Crippen LogP contribution < -0.4 is 11.1 Å². The molecular formula is C15H29ClN2O2. The molecule has 0 bridgehead atoms. The van der Waals surface area contributed by atoms with Crippen LogP contribution in [0.3, 0.4) is 0 Å². The Balaban J connectivity index is 0.00000200. The summed E-state index contributed by atoms with van der Waals surface area (Å²) in [6.45, 7) is 6.65. The lowest BCUT2D eigenvalue weighted by atomic mass is 9.73. The smallest absolute Gasteiger partial charge is 0.240 e. The molecule has 0 radical (unpaired) electrons. The fourth-order valence-corrected chi connectivity index (χ4v) is 3.04. The van der Waals surface area contributed by atoms with Gasteiger partial charge >= 0.3 is 0 Å². The van der Waals surface area contributed by atoms with Crippen LogP contribution >= 0.6 is 12.4 Å². The van der Waals surface area contributed by atoms with Crippen molar-refractivity contribution < 1.29 is 9.53 Å². The van der Waals surface area contributed by atoms with E-state index >= 15 is 0 Å². The molecule has 0 atom stereocenters. The van der Waals surface area contributed by atoms with Crippen molar-refractivity contribution >= 4 is 18.3 Å². The van der Waals surface area contributed by atoms with Gasteiger partial charge in [0.2, 0.25) is 5.91 Å². The fourth-order valence-electron chi connectivity index (χ4n) is 3.04. The van der Waals surface area contributed by atoms with E-state index in [4.69, 9.17) is 10.5 Å². The molecule has 0 aromatic heterocycles. The number of nitrogens with two attached hydrogens (primary N) is 1. The second-order valence-electron chi connectivity index (χ2n) is 7.09. The third-order valence-electron chi connectivity index (χ3n) is 4.85. The van der Waals surface area contributed by atoms with Gasteiger partial charge in [-0.2, -0.15) is 0 Å². The average molecular weight is 305 g/mol. The standard InChI is InChI=1S/C15H28N2O2.ClH/c1-14(2)5-3-12(4-6-14)11-17-13(18)15(16)7-9-19-10-8-15;/h12H,3-11,16H2,1-2H3,(H,17,18);1H. The first-order chi connectivity index (χ1) is 8.91. The van der Waals surface area contributed by atoms with E-state index in [9.17, 15) is 4.79 Å². The van der Waals surface area contributed by atoms with Crippen LogP contribution in [-0.4, -0.2) is 31.2 Å². The lowest BCUT2D eigenvalue weighted by Crippen LogP contribution is -2.57. The number of nitrogens with one attached hydrogen (secondary N) is 1. The summed E-state index contributed by atoms with van der Waals surface area (Å²) in [5, 5.41) is 3.07. The number of hydrogen-bond donors (Lipinski definition) is 2. The van der Waals surface area contributed by atoms with Gasteiger partial charge in [0.05, 0.1) is 5.54 Å². The Kier molecular flexibility index (Phi) is 6.29. The number of rotatable bonds is 3. The Morgan fingerprint density at radius 1 is 1.20 bits per heavy atom. The average Bonchev–Trinajstić information content (AvgIpc) is 2.38. The van der Waals surface area contributed by atoms with E-state index in [-0.39, 0.29) is 18.3 Å². The quantitative estimate of drug-likeness (QED) is 0.840. The fraction of sp³-hybridized carbons (Fsp3) is 0.933. The summed E-state index contributed by atoms with van der Waals surface area (Å²) >= 11 is 0. The van der Waals surface area contributed by atoms with Crippen LogP contribution in [0.25, 0.3) is 0 Å². The maximum Gasteiger partial charge on any atom is 0.240 e. The summed E-state index contributed by atoms with van der Waals surface area (Å²) in [7, 11) is 0. The normalized spacial score (nSPS) is 25.6. The highest BCUT2D eigenvalue weighted by Gasteiger charge is 2.36. The number of carbonyl (C=O) groups excluding carboxylic acids is 1. The third-order valence-corrected chi connectivity index (χ3v) is 4.85. The van der Waals surface area contributed by atoms with Gasteiger partial charge in [-0.25, -0.2) is 0 Å². The van der Waals surface area contributed by atoms with E-state index in [1.54, 1.807) is 0 Å². The Morgan fingerprint density at radius 3 is 2.30 bits per heavy atom. The molecule has 0 unspecified atom stereocenters. The lowest BCUT2D eigenvalue weighted by molar-refractivity contribution is -0.130. The Bertz CT molecular complexity index is 318. The van der Waals surface area contributed by atoms with Crippen LogP contribution in [0.1, 0.15) is 52.4 Å². The van der Waals surface area contributed by atoms with Crippen molar-refractivity contribution in [3.63, 3.8) is 0 Å². The molecule has 1 saturated heterocycles. The van der Waals surface area contributed by atoms with E-state index < -0.39 is 5.54 Å². The van der Waals surface area contributed by atoms with Gasteiger partial charge in [-0.3, -0.25) is 4.79 Å². The molecule has 4 nitrogen and oxygen atoms in total. The van der Waals surface area contributed by atoms with E-state index in [1.807, 2.05) is 0 Å². The first-order valence-electron chi connectivity index (χ1n) is 7.56. The van der Waals surface area contributed by atoms with Crippen LogP contribution in [0.5, 0.6) is 0 Å². The van der Waals surface area contributed by atoms with Crippen LogP contribution in [0.15, 0.2) is 0 Å². The first kappa shape index (κ1) is 17.7. The Labute approximate surface area is 128 Å². The number of halogens is 1. The van der Waals surface area contributed by atoms with Crippen LogP contribution in [-0.2, 0) is 9.53 Å². The van der Waals surface area contributed by atoms with E-state index in [0.717, 1.165) is 6.54 Å². The molecule has 5 heteroatoms. The second-order valence-corrected chi connectivity index (χ2v) is 7.09. The monoisotopic (exact) mass is 304 g/mol. The van der Waals surface area contributed by atoms with Crippen LogP contribution in [0.2, 0.25) is 0 Å². The molecule has 2 fully saturated rings. The topological polar surface area (TPSA) is 64.4 Å². The van der Waals surface area contributed by atoms with E-state index in [2.05, 4.69) is 19.2 Å². The molecule has 0 spiro atoms. The lowest BCUT2D eigenvalue weighted by Gasteiger charge is -2.36. The van der Waals surface area contributed by atoms with Gasteiger partial charge in [-0.1, -0.05) is 13.8 Å². The third kappa shape index (κ3) is 4.61. The van der Waals surface area contributed by atoms with E-state index in [1.165, 1.54) is 25.7 Å². The molecule has 118 valence electrons. The SMILES string of the molecule is CC1(C)CCC(CNC(=O)C2(N)CCOCC2)CC1.Cl. The molecular weight excluding hydrogens is 276 g/mol. The van der Waals surface area contributed by atoms with E-state index in [0.29, 0.717) is 37.4 Å². The number of amides is 1. The molecule has 2 rings (SSSR count). The summed E-state index contributed by atoms with van der Waals surface area (Å²) < 4.78 is 5.27. The maximum atomic E-state index is 12.2. The summed E-state index contributed by atoms with van der Waals surface area (Å²) in [6.07, 6.45) is 6.22. The number of hydrogen-bond acceptors (Lipinski definition) is 3. The van der Waals surface area contributed by atoms with Crippen molar-refractivity contribution in [3.05, 3.63) is 0 Å². The highest BCUT2D eigenvalue weighted by molar-refractivity contribution is 5.86. The molecule has 2 aliphatic rings. The van der Waals surface area contributed by atoms with Gasteiger partial charge in [0.25, 0.3) is 0 Å². The zero-order chi connectivity index (χ0) is 13.9. The Morgan fingerprint density at radius 2 is 1.75 bits per heavy atom. The largest absolute Gasteiger partial charge is 0.381 e. The van der Waals surface area contributed by atoms with Gasteiger partial charge in [0.1, 0.15) is 0 Å². The second kappa shape index (κ2) is 7.10. The molecule has 1 aliphatic carbocycles. The Hall–Kier alpha value is -0.320. The molecule has 1 heterocycles. The summed E-state index contributed by atoms with van der Waals surface area (Å²) in [5.74, 6) is 0.640. The first-order valence-corrected chi connectivity index (χ1v) is 7.56. The van der Waals surface area contributed by atoms with Crippen molar-refractivity contribution in [1.82, 2.24) is 5.32 Å². The number of carbonyl (C=O) groups is 1. The molecule has 1 aliphatic heterocycles. The van der Waals surface area contributed by atoms with Crippen molar-refractivity contribution in [2.45, 2.75) is 57.9 Å². The van der Waals surface area contributed by atoms with Crippen molar-refractivity contribution in [2.75, 3.05) is 19.8 Å². The highest BCUT2D eigenvalue weighted by Crippen LogP contribution is 2.37. The van der Waals surface area contributed by atoms with Gasteiger partial charge in [0, 0.05) is 19.8 Å². The predicted molar refractivity (Wildman–Crippen MR) is 83.0 cm³/mol. The van der Waals surface area contributed by atoms with Gasteiger partial charge in [-0.05, 0) is 49.9 Å². The summed E-state index contributed by atoms with van der Waals surface area (Å²) in [6, 6.07) is 0. The minimum absolute atomic E-state index is 0.